The Morgan fingerprint density at radius 1 is 1.29 bits per heavy atom. The first-order valence-electron chi connectivity index (χ1n) is 6.66. The average molecular weight is 318 g/mol. The Labute approximate surface area is 123 Å². The maximum Gasteiger partial charge on any atom is 0.243 e. The van der Waals surface area contributed by atoms with E-state index in [1.165, 1.54) is 23.5 Å². The Bertz CT molecular complexity index is 586. The third-order valence-corrected chi connectivity index (χ3v) is 5.40. The number of β-amino-alcohol motifs (C(OH)–C–C–N with tert-alkyl or cyclic N) is 1. The minimum Gasteiger partial charge on any atom is -0.494 e. The third-order valence-electron chi connectivity index (χ3n) is 3.51. The fourth-order valence-electron chi connectivity index (χ4n) is 2.29. The first kappa shape index (κ1) is 16.2. The lowest BCUT2D eigenvalue weighted by molar-refractivity contribution is 0.151. The van der Waals surface area contributed by atoms with E-state index in [0.717, 1.165) is 6.07 Å². The number of hydrogen-bond donors (Lipinski definition) is 1. The summed E-state index contributed by atoms with van der Waals surface area (Å²) in [6.45, 7) is 2.35. The van der Waals surface area contributed by atoms with E-state index in [4.69, 9.17) is 9.84 Å². The molecule has 1 aliphatic rings. The van der Waals surface area contributed by atoms with Crippen LogP contribution >= 0.6 is 0 Å². The molecule has 8 heteroatoms. The van der Waals surface area contributed by atoms with Crippen LogP contribution in [0.3, 0.4) is 0 Å². The highest BCUT2D eigenvalue weighted by atomic mass is 32.2. The minimum absolute atomic E-state index is 0.0155. The van der Waals surface area contributed by atoms with Crippen molar-refractivity contribution in [2.75, 3.05) is 46.4 Å². The molecule has 0 spiro atoms. The number of nitrogens with zero attached hydrogens (tertiary/aromatic N) is 2. The van der Waals surface area contributed by atoms with E-state index in [0.29, 0.717) is 32.7 Å². The van der Waals surface area contributed by atoms with E-state index in [1.54, 1.807) is 0 Å². The van der Waals surface area contributed by atoms with Gasteiger partial charge in [0.15, 0.2) is 11.6 Å². The Hall–Kier alpha value is -1.22. The average Bonchev–Trinajstić information content (AvgIpc) is 2.48. The molecule has 1 heterocycles. The predicted octanol–water partition coefficient (Wildman–Crippen LogP) is 0.133. The number of benzene rings is 1. The zero-order chi connectivity index (χ0) is 15.5. The maximum absolute atomic E-state index is 13.7. The molecule has 0 atom stereocenters. The van der Waals surface area contributed by atoms with Crippen LogP contribution in [0.1, 0.15) is 0 Å². The Balaban J connectivity index is 2.14. The van der Waals surface area contributed by atoms with Crippen LogP contribution in [0.4, 0.5) is 4.39 Å². The smallest absolute Gasteiger partial charge is 0.243 e. The number of rotatable bonds is 5. The van der Waals surface area contributed by atoms with Gasteiger partial charge in [-0.05, 0) is 18.2 Å². The minimum atomic E-state index is -3.70. The zero-order valence-electron chi connectivity index (χ0n) is 11.8. The lowest BCUT2D eigenvalue weighted by atomic mass is 10.3. The summed E-state index contributed by atoms with van der Waals surface area (Å²) in [5, 5.41) is 8.88. The number of sulfonamides is 1. The molecular weight excluding hydrogens is 299 g/mol. The van der Waals surface area contributed by atoms with Gasteiger partial charge in [-0.1, -0.05) is 0 Å². The standard InChI is InChI=1S/C13H19FN2O4S/c1-20-13-3-2-11(10-12(13)14)21(18,19)16-6-4-15(5-7-16)8-9-17/h2-3,10,17H,4-9H2,1H3. The van der Waals surface area contributed by atoms with Crippen molar-refractivity contribution in [2.24, 2.45) is 0 Å². The second kappa shape index (κ2) is 6.69. The number of aliphatic hydroxyl groups is 1. The molecule has 0 unspecified atom stereocenters. The number of piperazine rings is 1. The lowest BCUT2D eigenvalue weighted by Crippen LogP contribution is -2.49. The molecule has 0 radical (unpaired) electrons. The lowest BCUT2D eigenvalue weighted by Gasteiger charge is -2.33. The van der Waals surface area contributed by atoms with Gasteiger partial charge in [-0.15, -0.1) is 0 Å². The molecule has 0 aromatic heterocycles. The Morgan fingerprint density at radius 3 is 2.48 bits per heavy atom. The molecule has 1 aliphatic heterocycles. The zero-order valence-corrected chi connectivity index (χ0v) is 12.6. The normalized spacial score (nSPS) is 17.9. The summed E-state index contributed by atoms with van der Waals surface area (Å²) in [7, 11) is -2.37. The number of ether oxygens (including phenoxy) is 1. The van der Waals surface area contributed by atoms with Crippen LogP contribution in [0.5, 0.6) is 5.75 Å². The molecule has 0 aliphatic carbocycles. The van der Waals surface area contributed by atoms with Crippen molar-refractivity contribution >= 4 is 10.0 Å². The van der Waals surface area contributed by atoms with Gasteiger partial charge in [0.2, 0.25) is 10.0 Å². The van der Waals surface area contributed by atoms with Crippen molar-refractivity contribution < 1.29 is 22.7 Å². The molecule has 1 fully saturated rings. The second-order valence-corrected chi connectivity index (χ2v) is 6.70. The van der Waals surface area contributed by atoms with E-state index < -0.39 is 15.8 Å². The van der Waals surface area contributed by atoms with Crippen LogP contribution in [0.25, 0.3) is 0 Å². The van der Waals surface area contributed by atoms with Crippen molar-refractivity contribution in [1.29, 1.82) is 0 Å². The van der Waals surface area contributed by atoms with Gasteiger partial charge in [0, 0.05) is 32.7 Å². The van der Waals surface area contributed by atoms with E-state index in [-0.39, 0.29) is 17.3 Å². The molecule has 0 bridgehead atoms. The van der Waals surface area contributed by atoms with E-state index >= 15 is 0 Å². The molecule has 1 aromatic carbocycles. The van der Waals surface area contributed by atoms with Crippen molar-refractivity contribution in [3.05, 3.63) is 24.0 Å². The third kappa shape index (κ3) is 3.52. The summed E-state index contributed by atoms with van der Waals surface area (Å²) in [6, 6.07) is 3.63. The summed E-state index contributed by atoms with van der Waals surface area (Å²) < 4.78 is 44.7. The molecular formula is C13H19FN2O4S. The van der Waals surface area contributed by atoms with Crippen LogP contribution < -0.4 is 4.74 Å². The molecule has 2 rings (SSSR count). The highest BCUT2D eigenvalue weighted by Crippen LogP contribution is 2.23. The van der Waals surface area contributed by atoms with E-state index in [9.17, 15) is 12.8 Å². The molecule has 118 valence electrons. The fourth-order valence-corrected chi connectivity index (χ4v) is 3.73. The van der Waals surface area contributed by atoms with Crippen LogP contribution in [0.15, 0.2) is 23.1 Å². The predicted molar refractivity (Wildman–Crippen MR) is 75.2 cm³/mol. The summed E-state index contributed by atoms with van der Waals surface area (Å²) in [5.74, 6) is -0.681. The summed E-state index contributed by atoms with van der Waals surface area (Å²) in [6.07, 6.45) is 0. The van der Waals surface area contributed by atoms with E-state index in [2.05, 4.69) is 0 Å². The number of aliphatic hydroxyl groups excluding tert-OH is 1. The first-order chi connectivity index (χ1) is 9.98. The van der Waals surface area contributed by atoms with Crippen LogP contribution in [-0.4, -0.2) is 69.2 Å². The highest BCUT2D eigenvalue weighted by Gasteiger charge is 2.28. The van der Waals surface area contributed by atoms with Gasteiger partial charge in [0.1, 0.15) is 0 Å². The van der Waals surface area contributed by atoms with Gasteiger partial charge in [-0.25, -0.2) is 12.8 Å². The molecule has 1 saturated heterocycles. The van der Waals surface area contributed by atoms with Gasteiger partial charge in [-0.3, -0.25) is 4.90 Å². The SMILES string of the molecule is COc1ccc(S(=O)(=O)N2CCN(CCO)CC2)cc1F. The number of halogens is 1. The molecule has 6 nitrogen and oxygen atoms in total. The summed E-state index contributed by atoms with van der Waals surface area (Å²) >= 11 is 0. The van der Waals surface area contributed by atoms with Gasteiger partial charge in [0.25, 0.3) is 0 Å². The van der Waals surface area contributed by atoms with Crippen molar-refractivity contribution in [1.82, 2.24) is 9.21 Å². The van der Waals surface area contributed by atoms with Gasteiger partial charge in [-0.2, -0.15) is 4.31 Å². The highest BCUT2D eigenvalue weighted by molar-refractivity contribution is 7.89. The molecule has 1 aromatic rings. The second-order valence-electron chi connectivity index (χ2n) is 4.77. The number of hydrogen-bond acceptors (Lipinski definition) is 5. The molecule has 0 amide bonds. The van der Waals surface area contributed by atoms with E-state index in [1.807, 2.05) is 4.90 Å². The quantitative estimate of drug-likeness (QED) is 0.836. The van der Waals surface area contributed by atoms with Crippen LogP contribution in [0.2, 0.25) is 0 Å². The van der Waals surface area contributed by atoms with Gasteiger partial charge < -0.3 is 9.84 Å². The summed E-state index contributed by atoms with van der Waals surface area (Å²) in [5.41, 5.74) is 0. The molecule has 21 heavy (non-hydrogen) atoms. The van der Waals surface area contributed by atoms with Crippen molar-refractivity contribution in [2.45, 2.75) is 4.90 Å². The fraction of sp³-hybridized carbons (Fsp3) is 0.538. The van der Waals surface area contributed by atoms with Crippen molar-refractivity contribution in [3.8, 4) is 5.75 Å². The topological polar surface area (TPSA) is 70.1 Å². The van der Waals surface area contributed by atoms with Crippen LogP contribution in [-0.2, 0) is 10.0 Å². The monoisotopic (exact) mass is 318 g/mol. The van der Waals surface area contributed by atoms with Crippen LogP contribution in [0, 0.1) is 5.82 Å². The largest absolute Gasteiger partial charge is 0.494 e. The molecule has 0 saturated carbocycles. The maximum atomic E-state index is 13.7. The Kier molecular flexibility index (Phi) is 5.15. The van der Waals surface area contributed by atoms with Gasteiger partial charge in [0.05, 0.1) is 18.6 Å². The summed E-state index contributed by atoms with van der Waals surface area (Å²) in [4.78, 5) is 1.91. The molecule has 1 N–H and O–H groups in total. The van der Waals surface area contributed by atoms with Gasteiger partial charge >= 0.3 is 0 Å². The Morgan fingerprint density at radius 2 is 1.95 bits per heavy atom. The number of methoxy groups -OCH3 is 1. The first-order valence-corrected chi connectivity index (χ1v) is 8.10. The van der Waals surface area contributed by atoms with Crippen molar-refractivity contribution in [3.63, 3.8) is 0 Å².